The van der Waals surface area contributed by atoms with Crippen LogP contribution < -0.4 is 5.73 Å². The summed E-state index contributed by atoms with van der Waals surface area (Å²) in [5.41, 5.74) is 6.01. The van der Waals surface area contributed by atoms with Crippen molar-refractivity contribution in [3.63, 3.8) is 0 Å². The lowest BCUT2D eigenvalue weighted by Crippen LogP contribution is -2.39. The Kier molecular flexibility index (Phi) is 4.90. The molecule has 0 spiro atoms. The highest BCUT2D eigenvalue weighted by Crippen LogP contribution is 2.19. The SMILES string of the molecule is Cl.NCC1CCCN1C(=O)c1cccc(F)c1. The molecule has 1 unspecified atom stereocenters. The lowest BCUT2D eigenvalue weighted by molar-refractivity contribution is 0.0740. The van der Waals surface area contributed by atoms with E-state index in [1.165, 1.54) is 12.1 Å². The normalized spacial score (nSPS) is 18.9. The Hall–Kier alpha value is -1.13. The molecule has 0 bridgehead atoms. The third-order valence-electron chi connectivity index (χ3n) is 2.98. The lowest BCUT2D eigenvalue weighted by atomic mass is 10.1. The van der Waals surface area contributed by atoms with Crippen LogP contribution in [0.15, 0.2) is 24.3 Å². The van der Waals surface area contributed by atoms with Crippen LogP contribution in [0.5, 0.6) is 0 Å². The van der Waals surface area contributed by atoms with Crippen molar-refractivity contribution in [2.24, 2.45) is 5.73 Å². The van der Waals surface area contributed by atoms with E-state index in [1.807, 2.05) is 0 Å². The van der Waals surface area contributed by atoms with Gasteiger partial charge in [0.15, 0.2) is 0 Å². The number of hydrogen-bond acceptors (Lipinski definition) is 2. The van der Waals surface area contributed by atoms with Gasteiger partial charge in [-0.2, -0.15) is 0 Å². The molecule has 0 saturated carbocycles. The fraction of sp³-hybridized carbons (Fsp3) is 0.417. The largest absolute Gasteiger partial charge is 0.334 e. The quantitative estimate of drug-likeness (QED) is 0.880. The summed E-state index contributed by atoms with van der Waals surface area (Å²) in [6, 6.07) is 5.90. The summed E-state index contributed by atoms with van der Waals surface area (Å²) in [6.45, 7) is 1.19. The second kappa shape index (κ2) is 5.98. The van der Waals surface area contributed by atoms with E-state index in [0.29, 0.717) is 12.1 Å². The van der Waals surface area contributed by atoms with Crippen molar-refractivity contribution in [1.82, 2.24) is 4.90 Å². The molecular formula is C12H16ClFN2O. The smallest absolute Gasteiger partial charge is 0.254 e. The number of carbonyl (C=O) groups excluding carboxylic acids is 1. The number of benzene rings is 1. The van der Waals surface area contributed by atoms with Gasteiger partial charge in [-0.15, -0.1) is 12.4 Å². The van der Waals surface area contributed by atoms with Gasteiger partial charge >= 0.3 is 0 Å². The van der Waals surface area contributed by atoms with Gasteiger partial charge in [0.1, 0.15) is 5.82 Å². The van der Waals surface area contributed by atoms with E-state index < -0.39 is 0 Å². The fourth-order valence-corrected chi connectivity index (χ4v) is 2.14. The molecule has 3 nitrogen and oxygen atoms in total. The molecule has 1 aliphatic rings. The number of halogens is 2. The van der Waals surface area contributed by atoms with Crippen LogP contribution in [0, 0.1) is 5.82 Å². The number of nitrogens with zero attached hydrogens (tertiary/aromatic N) is 1. The van der Waals surface area contributed by atoms with E-state index in [4.69, 9.17) is 5.73 Å². The Bertz CT molecular complexity index is 400. The van der Waals surface area contributed by atoms with E-state index in [-0.39, 0.29) is 30.2 Å². The van der Waals surface area contributed by atoms with Gasteiger partial charge in [0.25, 0.3) is 5.91 Å². The monoisotopic (exact) mass is 258 g/mol. The molecule has 1 aliphatic heterocycles. The van der Waals surface area contributed by atoms with Crippen LogP contribution in [0.3, 0.4) is 0 Å². The minimum atomic E-state index is -0.380. The van der Waals surface area contributed by atoms with Crippen LogP contribution in [0.2, 0.25) is 0 Å². The van der Waals surface area contributed by atoms with Crippen molar-refractivity contribution in [2.45, 2.75) is 18.9 Å². The zero-order chi connectivity index (χ0) is 11.5. The fourth-order valence-electron chi connectivity index (χ4n) is 2.14. The minimum Gasteiger partial charge on any atom is -0.334 e. The molecule has 1 saturated heterocycles. The Balaban J connectivity index is 0.00000144. The van der Waals surface area contributed by atoms with Gasteiger partial charge in [-0.3, -0.25) is 4.79 Å². The predicted octanol–water partition coefficient (Wildman–Crippen LogP) is 1.81. The third kappa shape index (κ3) is 2.96. The summed E-state index contributed by atoms with van der Waals surface area (Å²) in [4.78, 5) is 13.8. The average Bonchev–Trinajstić information content (AvgIpc) is 2.76. The van der Waals surface area contributed by atoms with Gasteiger partial charge in [-0.25, -0.2) is 4.39 Å². The second-order valence-electron chi connectivity index (χ2n) is 4.04. The van der Waals surface area contributed by atoms with Crippen LogP contribution in [-0.2, 0) is 0 Å². The van der Waals surface area contributed by atoms with Crippen LogP contribution >= 0.6 is 12.4 Å². The summed E-state index contributed by atoms with van der Waals surface area (Å²) < 4.78 is 13.0. The summed E-state index contributed by atoms with van der Waals surface area (Å²) in [5.74, 6) is -0.498. The van der Waals surface area contributed by atoms with Crippen LogP contribution in [0.4, 0.5) is 4.39 Å². The molecule has 1 aromatic rings. The highest BCUT2D eigenvalue weighted by atomic mass is 35.5. The highest BCUT2D eigenvalue weighted by molar-refractivity contribution is 5.94. The molecule has 2 N–H and O–H groups in total. The molecule has 2 rings (SSSR count). The summed E-state index contributed by atoms with van der Waals surface area (Å²) in [6.07, 6.45) is 1.92. The first-order valence-electron chi connectivity index (χ1n) is 5.49. The van der Waals surface area contributed by atoms with Crippen molar-refractivity contribution in [3.05, 3.63) is 35.6 Å². The van der Waals surface area contributed by atoms with Crippen molar-refractivity contribution >= 4 is 18.3 Å². The maximum Gasteiger partial charge on any atom is 0.254 e. The highest BCUT2D eigenvalue weighted by Gasteiger charge is 2.28. The van der Waals surface area contributed by atoms with Gasteiger partial charge in [0.2, 0.25) is 0 Å². The number of nitrogens with two attached hydrogens (primary N) is 1. The molecule has 1 aromatic carbocycles. The number of carbonyl (C=O) groups is 1. The Morgan fingerprint density at radius 2 is 2.29 bits per heavy atom. The topological polar surface area (TPSA) is 46.3 Å². The zero-order valence-electron chi connectivity index (χ0n) is 9.43. The lowest BCUT2D eigenvalue weighted by Gasteiger charge is -2.23. The standard InChI is InChI=1S/C12H15FN2O.ClH/c13-10-4-1-3-9(7-10)12(16)15-6-2-5-11(15)8-14;/h1,3-4,7,11H,2,5-6,8,14H2;1H. The van der Waals surface area contributed by atoms with E-state index in [9.17, 15) is 9.18 Å². The maximum atomic E-state index is 13.0. The predicted molar refractivity (Wildman–Crippen MR) is 66.8 cm³/mol. The van der Waals surface area contributed by atoms with E-state index in [1.54, 1.807) is 17.0 Å². The van der Waals surface area contributed by atoms with Gasteiger partial charge in [0.05, 0.1) is 0 Å². The van der Waals surface area contributed by atoms with Gasteiger partial charge < -0.3 is 10.6 Å². The molecule has 1 atom stereocenters. The average molecular weight is 259 g/mol. The van der Waals surface area contributed by atoms with E-state index in [0.717, 1.165) is 19.4 Å². The number of likely N-dealkylation sites (tertiary alicyclic amines) is 1. The molecule has 0 aromatic heterocycles. The number of hydrogen-bond donors (Lipinski definition) is 1. The van der Waals surface area contributed by atoms with Crippen LogP contribution in [0.25, 0.3) is 0 Å². The van der Waals surface area contributed by atoms with Crippen molar-refractivity contribution in [3.8, 4) is 0 Å². The van der Waals surface area contributed by atoms with Gasteiger partial charge in [0, 0.05) is 24.7 Å². The van der Waals surface area contributed by atoms with Gasteiger partial charge in [-0.1, -0.05) is 6.07 Å². The molecule has 94 valence electrons. The summed E-state index contributed by atoms with van der Waals surface area (Å²) in [7, 11) is 0. The molecular weight excluding hydrogens is 243 g/mol. The maximum absolute atomic E-state index is 13.0. The van der Waals surface area contributed by atoms with E-state index >= 15 is 0 Å². The summed E-state index contributed by atoms with van der Waals surface area (Å²) >= 11 is 0. The molecule has 0 radical (unpaired) electrons. The van der Waals surface area contributed by atoms with Gasteiger partial charge in [-0.05, 0) is 31.0 Å². The number of rotatable bonds is 2. The van der Waals surface area contributed by atoms with Crippen LogP contribution in [-0.4, -0.2) is 29.9 Å². The molecule has 1 fully saturated rings. The van der Waals surface area contributed by atoms with Crippen molar-refractivity contribution in [2.75, 3.05) is 13.1 Å². The Morgan fingerprint density at radius 1 is 1.53 bits per heavy atom. The molecule has 17 heavy (non-hydrogen) atoms. The third-order valence-corrected chi connectivity index (χ3v) is 2.98. The minimum absolute atomic E-state index is 0. The second-order valence-corrected chi connectivity index (χ2v) is 4.04. The summed E-state index contributed by atoms with van der Waals surface area (Å²) in [5, 5.41) is 0. The van der Waals surface area contributed by atoms with Crippen molar-refractivity contribution < 1.29 is 9.18 Å². The van der Waals surface area contributed by atoms with Crippen molar-refractivity contribution in [1.29, 1.82) is 0 Å². The molecule has 5 heteroatoms. The first-order chi connectivity index (χ1) is 7.72. The molecule has 0 aliphatic carbocycles. The molecule has 1 amide bonds. The van der Waals surface area contributed by atoms with Crippen LogP contribution in [0.1, 0.15) is 23.2 Å². The first kappa shape index (κ1) is 13.9. The zero-order valence-corrected chi connectivity index (χ0v) is 10.3. The number of amides is 1. The molecule has 1 heterocycles. The van der Waals surface area contributed by atoms with E-state index in [2.05, 4.69) is 0 Å². The Labute approximate surface area is 106 Å². The Morgan fingerprint density at radius 3 is 2.94 bits per heavy atom. The first-order valence-corrected chi connectivity index (χ1v) is 5.49.